The van der Waals surface area contributed by atoms with E-state index in [1.54, 1.807) is 61.3 Å². The highest BCUT2D eigenvalue weighted by atomic mass is 16.5. The smallest absolute Gasteiger partial charge is 0.295 e. The molecule has 1 N–H and O–H groups in total. The number of pyridine rings is 1. The number of amides is 1. The first-order chi connectivity index (χ1) is 16.1. The van der Waals surface area contributed by atoms with Crippen molar-refractivity contribution in [2.24, 2.45) is 0 Å². The van der Waals surface area contributed by atoms with Crippen molar-refractivity contribution in [3.8, 4) is 5.75 Å². The average molecular weight is 447 g/mol. The Labute approximate surface area is 192 Å². The summed E-state index contributed by atoms with van der Waals surface area (Å²) in [7, 11) is 0. The number of aromatic nitrogens is 3. The van der Waals surface area contributed by atoms with Gasteiger partial charge in [-0.15, -0.1) is 0 Å². The van der Waals surface area contributed by atoms with Crippen molar-refractivity contribution in [1.82, 2.24) is 19.4 Å². The van der Waals surface area contributed by atoms with Gasteiger partial charge in [-0.1, -0.05) is 6.92 Å². The first-order valence-corrected chi connectivity index (χ1v) is 11.0. The maximum atomic E-state index is 13.0. The number of carbonyl (C=O) groups excluding carboxylic acids is 2. The number of aliphatic hydroxyl groups is 1. The van der Waals surface area contributed by atoms with Crippen molar-refractivity contribution in [2.75, 3.05) is 13.2 Å². The number of ketones is 1. The number of rotatable bonds is 9. The highest BCUT2D eigenvalue weighted by molar-refractivity contribution is 6.46. The lowest BCUT2D eigenvalue weighted by molar-refractivity contribution is -0.139. The number of Topliss-reactive ketones (excluding diaryl/α,β-unsaturated/α-hetero) is 1. The number of likely N-dealkylation sites (tertiary alicyclic amines) is 1. The van der Waals surface area contributed by atoms with Crippen molar-refractivity contribution in [1.29, 1.82) is 0 Å². The Balaban J connectivity index is 1.66. The van der Waals surface area contributed by atoms with E-state index >= 15 is 0 Å². The van der Waals surface area contributed by atoms with Gasteiger partial charge >= 0.3 is 0 Å². The van der Waals surface area contributed by atoms with Crippen LogP contribution in [-0.2, 0) is 16.1 Å². The molecule has 1 aromatic carbocycles. The Bertz CT molecular complexity index is 1120. The largest absolute Gasteiger partial charge is 0.507 e. The molecule has 3 aromatic rings. The average Bonchev–Trinajstić information content (AvgIpc) is 3.45. The van der Waals surface area contributed by atoms with Gasteiger partial charge in [-0.25, -0.2) is 4.98 Å². The zero-order chi connectivity index (χ0) is 23.2. The Morgan fingerprint density at radius 1 is 1.03 bits per heavy atom. The SMILES string of the molecule is CCCOc1ccc(C(O)=C2C(=O)C(=O)N(CCCn3ccnc3)[C@H]2c2ccncc2)cc1. The third-order valence-corrected chi connectivity index (χ3v) is 5.54. The van der Waals surface area contributed by atoms with E-state index in [2.05, 4.69) is 9.97 Å². The van der Waals surface area contributed by atoms with Crippen LogP contribution in [0.5, 0.6) is 5.75 Å². The number of ether oxygens (including phenoxy) is 1. The van der Waals surface area contributed by atoms with Crippen molar-refractivity contribution in [2.45, 2.75) is 32.4 Å². The molecule has 0 aliphatic carbocycles. The third kappa shape index (κ3) is 4.79. The lowest BCUT2D eigenvalue weighted by Crippen LogP contribution is -2.31. The molecule has 8 heteroatoms. The molecule has 0 saturated carbocycles. The summed E-state index contributed by atoms with van der Waals surface area (Å²) in [5.74, 6) is -0.830. The minimum Gasteiger partial charge on any atom is -0.507 e. The fourth-order valence-corrected chi connectivity index (χ4v) is 3.93. The lowest BCUT2D eigenvalue weighted by atomic mass is 9.96. The summed E-state index contributed by atoms with van der Waals surface area (Å²) in [5, 5.41) is 11.1. The van der Waals surface area contributed by atoms with Crippen LogP contribution in [0.25, 0.3) is 5.76 Å². The summed E-state index contributed by atoms with van der Waals surface area (Å²) >= 11 is 0. The zero-order valence-corrected chi connectivity index (χ0v) is 18.4. The van der Waals surface area contributed by atoms with E-state index in [0.717, 1.165) is 12.0 Å². The number of aryl methyl sites for hydroxylation is 1. The van der Waals surface area contributed by atoms with Crippen LogP contribution in [0.15, 0.2) is 73.1 Å². The van der Waals surface area contributed by atoms with E-state index < -0.39 is 17.7 Å². The molecule has 170 valence electrons. The molecule has 1 atom stereocenters. The quantitative estimate of drug-likeness (QED) is 0.307. The molecule has 1 aliphatic rings. The summed E-state index contributed by atoms with van der Waals surface area (Å²) < 4.78 is 7.51. The third-order valence-electron chi connectivity index (χ3n) is 5.54. The van der Waals surface area contributed by atoms with Crippen LogP contribution in [0.2, 0.25) is 0 Å². The van der Waals surface area contributed by atoms with Gasteiger partial charge in [0.2, 0.25) is 0 Å². The monoisotopic (exact) mass is 446 g/mol. The molecule has 1 saturated heterocycles. The predicted octanol–water partition coefficient (Wildman–Crippen LogP) is 3.58. The number of carbonyl (C=O) groups is 2. The van der Waals surface area contributed by atoms with Crippen molar-refractivity contribution < 1.29 is 19.4 Å². The molecule has 0 unspecified atom stereocenters. The van der Waals surface area contributed by atoms with Gasteiger partial charge < -0.3 is 19.3 Å². The van der Waals surface area contributed by atoms with E-state index in [9.17, 15) is 14.7 Å². The molecule has 4 rings (SSSR count). The summed E-state index contributed by atoms with van der Waals surface area (Å²) in [6.45, 7) is 3.63. The molecule has 0 radical (unpaired) electrons. The minimum atomic E-state index is -0.691. The standard InChI is InChI=1S/C25H26N4O4/c1-2-16-33-20-6-4-19(5-7-20)23(30)21-22(18-8-10-26-11-9-18)29(25(32)24(21)31)14-3-13-28-15-12-27-17-28/h4-12,15,17,22,30H,2-3,13-14,16H2,1H3/t22-/m0/s1. The highest BCUT2D eigenvalue weighted by Crippen LogP contribution is 2.39. The molecule has 0 spiro atoms. The van der Waals surface area contributed by atoms with Gasteiger partial charge in [0.05, 0.1) is 24.5 Å². The Morgan fingerprint density at radius 3 is 2.45 bits per heavy atom. The number of benzene rings is 1. The van der Waals surface area contributed by atoms with E-state index in [-0.39, 0.29) is 11.3 Å². The fraction of sp³-hybridized carbons (Fsp3) is 0.280. The van der Waals surface area contributed by atoms with Gasteiger partial charge in [0, 0.05) is 43.4 Å². The van der Waals surface area contributed by atoms with Crippen molar-refractivity contribution in [3.05, 3.63) is 84.2 Å². The van der Waals surface area contributed by atoms with Crippen molar-refractivity contribution >= 4 is 17.4 Å². The van der Waals surface area contributed by atoms with Gasteiger partial charge in [-0.05, 0) is 54.8 Å². The predicted molar refractivity (Wildman–Crippen MR) is 122 cm³/mol. The molecule has 1 fully saturated rings. The lowest BCUT2D eigenvalue weighted by Gasteiger charge is -2.25. The maximum absolute atomic E-state index is 13.0. The minimum absolute atomic E-state index is 0.0797. The van der Waals surface area contributed by atoms with Crippen LogP contribution in [0, 0.1) is 0 Å². The van der Waals surface area contributed by atoms with Crippen LogP contribution >= 0.6 is 0 Å². The number of aliphatic hydroxyl groups excluding tert-OH is 1. The molecule has 33 heavy (non-hydrogen) atoms. The molecule has 1 amide bonds. The summed E-state index contributed by atoms with van der Waals surface area (Å²) in [4.78, 5) is 35.6. The Morgan fingerprint density at radius 2 is 1.79 bits per heavy atom. The molecule has 2 aromatic heterocycles. The van der Waals surface area contributed by atoms with Crippen LogP contribution in [0.3, 0.4) is 0 Å². The number of hydrogen-bond donors (Lipinski definition) is 1. The van der Waals surface area contributed by atoms with E-state index in [4.69, 9.17) is 4.74 Å². The first-order valence-electron chi connectivity index (χ1n) is 11.0. The molecule has 8 nitrogen and oxygen atoms in total. The highest BCUT2D eigenvalue weighted by Gasteiger charge is 2.45. The number of imidazole rings is 1. The van der Waals surface area contributed by atoms with Gasteiger partial charge in [0.25, 0.3) is 11.7 Å². The van der Waals surface area contributed by atoms with E-state index in [1.807, 2.05) is 17.7 Å². The van der Waals surface area contributed by atoms with Crippen LogP contribution in [0.4, 0.5) is 0 Å². The second-order valence-corrected chi connectivity index (χ2v) is 7.80. The zero-order valence-electron chi connectivity index (χ0n) is 18.4. The topological polar surface area (TPSA) is 97.6 Å². The Hall–Kier alpha value is -3.94. The van der Waals surface area contributed by atoms with Gasteiger partial charge in [-0.2, -0.15) is 0 Å². The van der Waals surface area contributed by atoms with Crippen LogP contribution in [-0.4, -0.2) is 49.4 Å². The molecule has 3 heterocycles. The fourth-order valence-electron chi connectivity index (χ4n) is 3.93. The number of hydrogen-bond acceptors (Lipinski definition) is 6. The molecular weight excluding hydrogens is 420 g/mol. The number of nitrogens with zero attached hydrogens (tertiary/aromatic N) is 4. The van der Waals surface area contributed by atoms with Crippen molar-refractivity contribution in [3.63, 3.8) is 0 Å². The summed E-state index contributed by atoms with van der Waals surface area (Å²) in [6.07, 6.45) is 10.0. The molecule has 0 bridgehead atoms. The van der Waals surface area contributed by atoms with Gasteiger partial charge in [-0.3, -0.25) is 14.6 Å². The Kier molecular flexibility index (Phi) is 6.83. The van der Waals surface area contributed by atoms with E-state index in [1.165, 1.54) is 4.90 Å². The van der Waals surface area contributed by atoms with Crippen LogP contribution in [0.1, 0.15) is 36.9 Å². The van der Waals surface area contributed by atoms with Crippen LogP contribution < -0.4 is 4.74 Å². The second kappa shape index (κ2) is 10.1. The molecular formula is C25H26N4O4. The molecule has 1 aliphatic heterocycles. The summed E-state index contributed by atoms with van der Waals surface area (Å²) in [6, 6.07) is 9.70. The normalized spacial score (nSPS) is 17.5. The second-order valence-electron chi connectivity index (χ2n) is 7.80. The summed E-state index contributed by atoms with van der Waals surface area (Å²) in [5.41, 5.74) is 1.25. The van der Waals surface area contributed by atoms with Gasteiger partial charge in [0.1, 0.15) is 11.5 Å². The first kappa shape index (κ1) is 22.3. The van der Waals surface area contributed by atoms with E-state index in [0.29, 0.717) is 37.4 Å². The van der Waals surface area contributed by atoms with Gasteiger partial charge in [0.15, 0.2) is 0 Å². The maximum Gasteiger partial charge on any atom is 0.295 e.